The van der Waals surface area contributed by atoms with Gasteiger partial charge in [0.15, 0.2) is 0 Å². The Hall–Kier alpha value is -3.08. The lowest BCUT2D eigenvalue weighted by atomic mass is 9.73. The van der Waals surface area contributed by atoms with Crippen LogP contribution in [0.25, 0.3) is 0 Å². The van der Waals surface area contributed by atoms with Crippen molar-refractivity contribution in [3.63, 3.8) is 0 Å². The Bertz CT molecular complexity index is 922. The molecule has 1 aromatic heterocycles. The van der Waals surface area contributed by atoms with Gasteiger partial charge in [-0.05, 0) is 42.2 Å². The number of carbonyl (C=O) groups is 1. The minimum Gasteiger partial charge on any atom is -0.497 e. The molecule has 2 N–H and O–H groups in total. The number of carbonyl (C=O) groups excluding carboxylic acids is 1. The number of anilines is 1. The van der Waals surface area contributed by atoms with Gasteiger partial charge in [0.2, 0.25) is 11.9 Å². The summed E-state index contributed by atoms with van der Waals surface area (Å²) in [6, 6.07) is 16.3. The average molecular weight is 347 g/mol. The van der Waals surface area contributed by atoms with Crippen LogP contribution in [0.2, 0.25) is 0 Å². The smallest absolute Gasteiger partial charge is 0.233 e. The molecule has 0 fully saturated rings. The zero-order chi connectivity index (χ0) is 18.1. The maximum atomic E-state index is 13.2. The number of hydrogen-bond acceptors (Lipinski definition) is 3. The van der Waals surface area contributed by atoms with Gasteiger partial charge in [0.1, 0.15) is 5.75 Å². The molecule has 0 bridgehead atoms. The first-order valence-electron chi connectivity index (χ1n) is 8.64. The molecular formula is C21H21N3O2. The summed E-state index contributed by atoms with van der Waals surface area (Å²) >= 11 is 0. The van der Waals surface area contributed by atoms with Crippen molar-refractivity contribution in [1.29, 1.82) is 0 Å². The second-order valence-electron chi connectivity index (χ2n) is 6.89. The number of fused-ring (bicyclic) bond motifs is 1. The summed E-state index contributed by atoms with van der Waals surface area (Å²) < 4.78 is 5.42. The van der Waals surface area contributed by atoms with Gasteiger partial charge in [-0.1, -0.05) is 36.4 Å². The number of benzene rings is 2. The maximum absolute atomic E-state index is 13.2. The minimum absolute atomic E-state index is 0.0449. The Morgan fingerprint density at radius 3 is 2.77 bits per heavy atom. The molecule has 26 heavy (non-hydrogen) atoms. The van der Waals surface area contributed by atoms with Gasteiger partial charge in [-0.2, -0.15) is 0 Å². The molecular weight excluding hydrogens is 326 g/mol. The molecule has 2 atom stereocenters. The molecule has 4 rings (SSSR count). The molecule has 2 aromatic carbocycles. The van der Waals surface area contributed by atoms with Crippen molar-refractivity contribution in [2.24, 2.45) is 5.41 Å². The lowest BCUT2D eigenvalue weighted by Gasteiger charge is -2.31. The SMILES string of the molecule is COc1ccc2c(c1)[C@H](c1ccccc1)[C@](C)(C(=O)Nc1ncc[nH]1)C2. The van der Waals surface area contributed by atoms with Crippen LogP contribution in [0.3, 0.4) is 0 Å². The average Bonchev–Trinajstić information content (AvgIpc) is 3.27. The number of hydrogen-bond donors (Lipinski definition) is 2. The predicted molar refractivity (Wildman–Crippen MR) is 100 cm³/mol. The molecule has 1 aliphatic carbocycles. The fourth-order valence-electron chi connectivity index (χ4n) is 3.96. The number of H-pyrrole nitrogens is 1. The van der Waals surface area contributed by atoms with Crippen molar-refractivity contribution in [3.8, 4) is 5.75 Å². The van der Waals surface area contributed by atoms with Crippen LogP contribution in [0.4, 0.5) is 5.95 Å². The first kappa shape index (κ1) is 16.4. The summed E-state index contributed by atoms with van der Waals surface area (Å²) in [5.74, 6) is 1.18. The molecule has 0 aliphatic heterocycles. The first-order valence-corrected chi connectivity index (χ1v) is 8.64. The van der Waals surface area contributed by atoms with E-state index in [4.69, 9.17) is 4.74 Å². The molecule has 0 saturated heterocycles. The summed E-state index contributed by atoms with van der Waals surface area (Å²) in [4.78, 5) is 20.3. The highest BCUT2D eigenvalue weighted by Gasteiger charge is 2.49. The monoisotopic (exact) mass is 347 g/mol. The van der Waals surface area contributed by atoms with Crippen molar-refractivity contribution in [2.75, 3.05) is 12.4 Å². The number of rotatable bonds is 4. The molecule has 5 heteroatoms. The van der Waals surface area contributed by atoms with Gasteiger partial charge in [-0.3, -0.25) is 10.1 Å². The van der Waals surface area contributed by atoms with E-state index in [9.17, 15) is 4.79 Å². The Balaban J connectivity index is 1.79. The number of ether oxygens (including phenoxy) is 1. The van der Waals surface area contributed by atoms with E-state index in [1.807, 2.05) is 31.2 Å². The molecule has 0 unspecified atom stereocenters. The van der Waals surface area contributed by atoms with E-state index in [2.05, 4.69) is 39.6 Å². The van der Waals surface area contributed by atoms with Crippen LogP contribution < -0.4 is 10.1 Å². The van der Waals surface area contributed by atoms with Crippen LogP contribution in [0.5, 0.6) is 5.75 Å². The fourth-order valence-corrected chi connectivity index (χ4v) is 3.96. The van der Waals surface area contributed by atoms with Crippen LogP contribution in [0.15, 0.2) is 60.9 Å². The van der Waals surface area contributed by atoms with Crippen LogP contribution >= 0.6 is 0 Å². The zero-order valence-electron chi connectivity index (χ0n) is 14.8. The Morgan fingerprint density at radius 1 is 1.27 bits per heavy atom. The third kappa shape index (κ3) is 2.65. The van der Waals surface area contributed by atoms with E-state index >= 15 is 0 Å². The van der Waals surface area contributed by atoms with Gasteiger partial charge in [-0.15, -0.1) is 0 Å². The number of aromatic nitrogens is 2. The van der Waals surface area contributed by atoms with E-state index in [0.717, 1.165) is 16.9 Å². The van der Waals surface area contributed by atoms with Gasteiger partial charge in [0.05, 0.1) is 12.5 Å². The van der Waals surface area contributed by atoms with Crippen LogP contribution in [-0.2, 0) is 11.2 Å². The molecule has 0 saturated carbocycles. The van der Waals surface area contributed by atoms with Crippen molar-refractivity contribution in [3.05, 3.63) is 77.6 Å². The number of amides is 1. The maximum Gasteiger partial charge on any atom is 0.233 e. The largest absolute Gasteiger partial charge is 0.497 e. The fraction of sp³-hybridized carbons (Fsp3) is 0.238. The molecule has 1 aliphatic rings. The highest BCUT2D eigenvalue weighted by molar-refractivity contribution is 5.96. The second-order valence-corrected chi connectivity index (χ2v) is 6.89. The Morgan fingerprint density at radius 2 is 2.08 bits per heavy atom. The lowest BCUT2D eigenvalue weighted by molar-refractivity contribution is -0.125. The summed E-state index contributed by atoms with van der Waals surface area (Å²) in [6.07, 6.45) is 3.99. The first-order chi connectivity index (χ1) is 12.6. The highest BCUT2D eigenvalue weighted by Crippen LogP contribution is 2.51. The second kappa shape index (κ2) is 6.33. The van der Waals surface area contributed by atoms with E-state index < -0.39 is 5.41 Å². The topological polar surface area (TPSA) is 67.0 Å². The third-order valence-electron chi connectivity index (χ3n) is 5.24. The number of methoxy groups -OCH3 is 1. The predicted octanol–water partition coefficient (Wildman–Crippen LogP) is 3.75. The molecule has 1 heterocycles. The van der Waals surface area contributed by atoms with E-state index in [0.29, 0.717) is 12.4 Å². The van der Waals surface area contributed by atoms with Crippen molar-refractivity contribution in [1.82, 2.24) is 9.97 Å². The zero-order valence-corrected chi connectivity index (χ0v) is 14.8. The summed E-state index contributed by atoms with van der Waals surface area (Å²) in [7, 11) is 1.66. The molecule has 132 valence electrons. The standard InChI is InChI=1S/C21H21N3O2/c1-21(19(25)24-20-22-10-11-23-20)13-15-8-9-16(26-2)12-17(15)18(21)14-6-4-3-5-7-14/h3-12,18H,13H2,1-2H3,(H2,22,23,24,25)/t18-,21+/m0/s1. The normalized spacial score (nSPS) is 21.2. The molecule has 3 aromatic rings. The van der Waals surface area contributed by atoms with E-state index in [1.165, 1.54) is 5.56 Å². The summed E-state index contributed by atoms with van der Waals surface area (Å²) in [6.45, 7) is 2.02. The minimum atomic E-state index is -0.622. The molecule has 0 radical (unpaired) electrons. The Kier molecular flexibility index (Phi) is 3.99. The quantitative estimate of drug-likeness (QED) is 0.755. The van der Waals surface area contributed by atoms with Crippen molar-refractivity contribution >= 4 is 11.9 Å². The van der Waals surface area contributed by atoms with Crippen molar-refractivity contribution < 1.29 is 9.53 Å². The van der Waals surface area contributed by atoms with Gasteiger partial charge >= 0.3 is 0 Å². The highest BCUT2D eigenvalue weighted by atomic mass is 16.5. The van der Waals surface area contributed by atoms with Crippen LogP contribution in [0.1, 0.15) is 29.5 Å². The van der Waals surface area contributed by atoms with Crippen molar-refractivity contribution in [2.45, 2.75) is 19.3 Å². The van der Waals surface area contributed by atoms with Gasteiger partial charge in [0.25, 0.3) is 0 Å². The Labute approximate surface area is 152 Å². The number of imidazole rings is 1. The van der Waals surface area contributed by atoms with Crippen LogP contribution in [-0.4, -0.2) is 23.0 Å². The van der Waals surface area contributed by atoms with Gasteiger partial charge in [0, 0.05) is 18.3 Å². The number of aromatic amines is 1. The number of nitrogens with zero attached hydrogens (tertiary/aromatic N) is 1. The summed E-state index contributed by atoms with van der Waals surface area (Å²) in [5.41, 5.74) is 2.82. The molecule has 1 amide bonds. The summed E-state index contributed by atoms with van der Waals surface area (Å²) in [5, 5.41) is 2.93. The molecule has 0 spiro atoms. The molecule has 5 nitrogen and oxygen atoms in total. The lowest BCUT2D eigenvalue weighted by Crippen LogP contribution is -2.38. The third-order valence-corrected chi connectivity index (χ3v) is 5.24. The van der Waals surface area contributed by atoms with Gasteiger partial charge < -0.3 is 9.72 Å². The number of nitrogens with one attached hydrogen (secondary N) is 2. The van der Waals surface area contributed by atoms with E-state index in [-0.39, 0.29) is 11.8 Å². The van der Waals surface area contributed by atoms with E-state index in [1.54, 1.807) is 19.5 Å². The van der Waals surface area contributed by atoms with Crippen LogP contribution in [0, 0.1) is 5.41 Å². The van der Waals surface area contributed by atoms with Gasteiger partial charge in [-0.25, -0.2) is 4.98 Å².